The van der Waals surface area contributed by atoms with Crippen molar-refractivity contribution < 1.29 is 30.3 Å². The summed E-state index contributed by atoms with van der Waals surface area (Å²) in [6.07, 6.45) is 2.67. The first-order valence-corrected chi connectivity index (χ1v) is 11.9. The van der Waals surface area contributed by atoms with Gasteiger partial charge < -0.3 is 25.5 Å². The summed E-state index contributed by atoms with van der Waals surface area (Å²) in [5.74, 6) is -0.0246. The van der Waals surface area contributed by atoms with Crippen LogP contribution in [0.5, 0.6) is 0 Å². The van der Waals surface area contributed by atoms with Crippen molar-refractivity contribution >= 4 is 5.97 Å². The van der Waals surface area contributed by atoms with Gasteiger partial charge in [0, 0.05) is 6.42 Å². The lowest BCUT2D eigenvalue weighted by molar-refractivity contribution is -0.226. The van der Waals surface area contributed by atoms with Crippen LogP contribution in [0.2, 0.25) is 0 Å². The van der Waals surface area contributed by atoms with Crippen LogP contribution in [0.25, 0.3) is 0 Å². The zero-order valence-electron chi connectivity index (χ0n) is 18.6. The highest BCUT2D eigenvalue weighted by atomic mass is 16.4. The third-order valence-corrected chi connectivity index (χ3v) is 10.3. The Morgan fingerprint density at radius 2 is 1.67 bits per heavy atom. The largest absolute Gasteiger partial charge is 0.481 e. The van der Waals surface area contributed by atoms with Crippen LogP contribution in [0.1, 0.15) is 72.1 Å². The number of hydrogen-bond acceptors (Lipinski definition) is 5. The molecule has 4 rings (SSSR count). The van der Waals surface area contributed by atoms with Crippen molar-refractivity contribution in [2.24, 2.45) is 46.3 Å². The van der Waals surface area contributed by atoms with Gasteiger partial charge in [0.2, 0.25) is 0 Å². The topological polar surface area (TPSA) is 118 Å². The number of fused-ring (bicyclic) bond motifs is 5. The van der Waals surface area contributed by atoms with Gasteiger partial charge in [0.05, 0.1) is 24.4 Å². The van der Waals surface area contributed by atoms with E-state index < -0.39 is 30.4 Å². The fraction of sp³-hybridized carbons (Fsp3) is 0.958. The number of carboxylic acids is 1. The van der Waals surface area contributed by atoms with E-state index in [4.69, 9.17) is 5.11 Å². The summed E-state index contributed by atoms with van der Waals surface area (Å²) in [6.45, 7) is 6.44. The molecule has 12 atom stereocenters. The van der Waals surface area contributed by atoms with Gasteiger partial charge in [-0.1, -0.05) is 20.8 Å². The van der Waals surface area contributed by atoms with Crippen LogP contribution in [0, 0.1) is 46.3 Å². The quantitative estimate of drug-likeness (QED) is 0.473. The second kappa shape index (κ2) is 7.72. The van der Waals surface area contributed by atoms with Gasteiger partial charge in [0.15, 0.2) is 0 Å². The molecule has 0 bridgehead atoms. The van der Waals surface area contributed by atoms with Crippen LogP contribution < -0.4 is 0 Å². The average molecular weight is 425 g/mol. The maximum absolute atomic E-state index is 11.5. The molecule has 4 saturated carbocycles. The summed E-state index contributed by atoms with van der Waals surface area (Å²) in [7, 11) is 0. The number of hydrogen-bond donors (Lipinski definition) is 5. The van der Waals surface area contributed by atoms with Gasteiger partial charge in [-0.05, 0) is 91.3 Å². The third-order valence-electron chi connectivity index (χ3n) is 10.3. The summed E-state index contributed by atoms with van der Waals surface area (Å²) in [5, 5.41) is 53.0. The van der Waals surface area contributed by atoms with Crippen molar-refractivity contribution in [2.45, 2.75) is 96.6 Å². The normalized spacial score (nSPS) is 54.0. The summed E-state index contributed by atoms with van der Waals surface area (Å²) in [4.78, 5) is 11.1. The molecule has 0 radical (unpaired) electrons. The molecule has 0 heterocycles. The molecule has 0 aromatic heterocycles. The predicted molar refractivity (Wildman–Crippen MR) is 111 cm³/mol. The van der Waals surface area contributed by atoms with E-state index in [2.05, 4.69) is 20.8 Å². The van der Waals surface area contributed by atoms with E-state index in [9.17, 15) is 25.2 Å². The molecule has 0 aromatic rings. The fourth-order valence-corrected chi connectivity index (χ4v) is 8.88. The second-order valence-electron chi connectivity index (χ2n) is 11.6. The minimum Gasteiger partial charge on any atom is -0.481 e. The highest BCUT2D eigenvalue weighted by Gasteiger charge is 2.66. The molecule has 0 saturated heterocycles. The Hall–Kier alpha value is -0.690. The number of carboxylic acid groups (broad SMARTS) is 1. The molecule has 5 unspecified atom stereocenters. The van der Waals surface area contributed by atoms with Crippen LogP contribution in [0.3, 0.4) is 0 Å². The lowest BCUT2D eigenvalue weighted by Gasteiger charge is -2.64. The zero-order chi connectivity index (χ0) is 22.0. The lowest BCUT2D eigenvalue weighted by atomic mass is 9.42. The molecule has 0 amide bonds. The van der Waals surface area contributed by atoms with Crippen LogP contribution in [0.4, 0.5) is 0 Å². The van der Waals surface area contributed by atoms with E-state index in [1.807, 2.05) is 0 Å². The molecule has 6 nitrogen and oxygen atoms in total. The van der Waals surface area contributed by atoms with Crippen LogP contribution in [-0.4, -0.2) is 55.9 Å². The molecule has 6 heteroatoms. The summed E-state index contributed by atoms with van der Waals surface area (Å²) in [5.41, 5.74) is -0.606. The molecule has 4 aliphatic carbocycles. The Morgan fingerprint density at radius 3 is 2.33 bits per heavy atom. The van der Waals surface area contributed by atoms with Gasteiger partial charge in [-0.25, -0.2) is 0 Å². The number of rotatable bonds is 4. The van der Waals surface area contributed by atoms with Crippen molar-refractivity contribution in [3.05, 3.63) is 0 Å². The lowest BCUT2D eigenvalue weighted by Crippen LogP contribution is -2.64. The highest BCUT2D eigenvalue weighted by molar-refractivity contribution is 5.66. The minimum atomic E-state index is -0.776. The Labute approximate surface area is 179 Å². The van der Waals surface area contributed by atoms with E-state index in [0.29, 0.717) is 32.1 Å². The van der Waals surface area contributed by atoms with Crippen molar-refractivity contribution in [3.8, 4) is 0 Å². The van der Waals surface area contributed by atoms with Gasteiger partial charge in [0.25, 0.3) is 0 Å². The Balaban J connectivity index is 1.63. The Bertz CT molecular complexity index is 668. The molecule has 0 aromatic carbocycles. The smallest absolute Gasteiger partial charge is 0.303 e. The molecule has 5 N–H and O–H groups in total. The standard InChI is InChI=1S/C24H40O6/c1-12(4-7-21(29)30)14-5-6-15-22-17(10-20(28)24(14,15)3)23(2)11-13(25)8-18(26)16(23)9-19(22)27/h12-20,22,25-28H,4-11H2,1-3H3,(H,29,30)/t12-,13?,14-,15+,16?,17+,18?,19?,20?,22+,23+,24-/m1/s1. The predicted octanol–water partition coefficient (Wildman–Crippen LogP) is 2.42. The maximum Gasteiger partial charge on any atom is 0.303 e. The summed E-state index contributed by atoms with van der Waals surface area (Å²) >= 11 is 0. The highest BCUT2D eigenvalue weighted by Crippen LogP contribution is 2.68. The van der Waals surface area contributed by atoms with E-state index in [1.165, 1.54) is 0 Å². The van der Waals surface area contributed by atoms with E-state index in [-0.39, 0.29) is 52.8 Å². The first-order valence-electron chi connectivity index (χ1n) is 11.9. The second-order valence-corrected chi connectivity index (χ2v) is 11.6. The number of aliphatic carboxylic acids is 1. The number of aliphatic hydroxyl groups excluding tert-OH is 4. The molecule has 4 aliphatic rings. The van der Waals surface area contributed by atoms with Crippen molar-refractivity contribution in [3.63, 3.8) is 0 Å². The molecular formula is C24H40O6. The van der Waals surface area contributed by atoms with E-state index in [1.54, 1.807) is 0 Å². The van der Waals surface area contributed by atoms with Crippen LogP contribution in [-0.2, 0) is 4.79 Å². The fourth-order valence-electron chi connectivity index (χ4n) is 8.88. The van der Waals surface area contributed by atoms with Crippen molar-refractivity contribution in [1.82, 2.24) is 0 Å². The molecular weight excluding hydrogens is 384 g/mol. The minimum absolute atomic E-state index is 0.0413. The molecule has 0 spiro atoms. The van der Waals surface area contributed by atoms with Crippen LogP contribution in [0.15, 0.2) is 0 Å². The van der Waals surface area contributed by atoms with E-state index >= 15 is 0 Å². The van der Waals surface area contributed by atoms with E-state index in [0.717, 1.165) is 12.8 Å². The molecule has 4 fully saturated rings. The maximum atomic E-state index is 11.5. The van der Waals surface area contributed by atoms with Gasteiger partial charge in [-0.2, -0.15) is 0 Å². The average Bonchev–Trinajstić information content (AvgIpc) is 3.00. The molecule has 0 aliphatic heterocycles. The van der Waals surface area contributed by atoms with Gasteiger partial charge in [-0.15, -0.1) is 0 Å². The first kappa shape index (κ1) is 22.5. The monoisotopic (exact) mass is 424 g/mol. The Morgan fingerprint density at radius 1 is 0.967 bits per heavy atom. The van der Waals surface area contributed by atoms with Gasteiger partial charge >= 0.3 is 5.97 Å². The zero-order valence-corrected chi connectivity index (χ0v) is 18.6. The SMILES string of the molecule is C[C@H](CCC(=O)O)[C@H]1CC[C@H]2[C@@H]3C(O)CC4C(O)CC(O)C[C@]4(C)[C@H]3CC(O)[C@]12C. The summed E-state index contributed by atoms with van der Waals surface area (Å²) in [6, 6.07) is 0. The molecule has 30 heavy (non-hydrogen) atoms. The summed E-state index contributed by atoms with van der Waals surface area (Å²) < 4.78 is 0. The van der Waals surface area contributed by atoms with Gasteiger partial charge in [-0.3, -0.25) is 4.79 Å². The van der Waals surface area contributed by atoms with Crippen LogP contribution >= 0.6 is 0 Å². The van der Waals surface area contributed by atoms with Gasteiger partial charge in [0.1, 0.15) is 0 Å². The molecule has 172 valence electrons. The van der Waals surface area contributed by atoms with Crippen molar-refractivity contribution in [1.29, 1.82) is 0 Å². The van der Waals surface area contributed by atoms with Crippen molar-refractivity contribution in [2.75, 3.05) is 0 Å². The third kappa shape index (κ3) is 3.25. The first-order chi connectivity index (χ1) is 14.0. The number of aliphatic hydroxyl groups is 4. The number of carbonyl (C=O) groups is 1. The Kier molecular flexibility index (Phi) is 5.79.